The highest BCUT2D eigenvalue weighted by atomic mass is 19.1. The van der Waals surface area contributed by atoms with Crippen LogP contribution in [-0.4, -0.2) is 14.1 Å². The van der Waals surface area contributed by atoms with Crippen molar-refractivity contribution in [3.05, 3.63) is 58.9 Å². The van der Waals surface area contributed by atoms with Crippen molar-refractivity contribution in [1.82, 2.24) is 5.32 Å². The Balaban J connectivity index is 2.47. The molecule has 2 aromatic carbocycles. The first-order valence-electron chi connectivity index (χ1n) is 6.77. The lowest BCUT2D eigenvalue weighted by Crippen LogP contribution is -2.16. The van der Waals surface area contributed by atoms with Gasteiger partial charge in [0.05, 0.1) is 0 Å². The predicted molar refractivity (Wildman–Crippen MR) is 83.1 cm³/mol. The highest BCUT2D eigenvalue weighted by molar-refractivity contribution is 5.67. The van der Waals surface area contributed by atoms with Crippen LogP contribution in [0.25, 0.3) is 0 Å². The van der Waals surface area contributed by atoms with E-state index in [0.29, 0.717) is 12.1 Å². The summed E-state index contributed by atoms with van der Waals surface area (Å²) in [4.78, 5) is 2.04. The topological polar surface area (TPSA) is 15.3 Å². The van der Waals surface area contributed by atoms with Crippen molar-refractivity contribution in [2.75, 3.05) is 19.0 Å². The molecule has 0 saturated carbocycles. The molecule has 0 saturated heterocycles. The fraction of sp³-hybridized carbons (Fsp3) is 0.294. The van der Waals surface area contributed by atoms with Crippen molar-refractivity contribution >= 4 is 11.4 Å². The van der Waals surface area contributed by atoms with E-state index in [4.69, 9.17) is 0 Å². The molecule has 0 aliphatic carbocycles. The molecular weight excluding hydrogens is 251 g/mol. The van der Waals surface area contributed by atoms with Crippen LogP contribution in [-0.2, 0) is 6.54 Å². The highest BCUT2D eigenvalue weighted by Gasteiger charge is 2.13. The molecule has 0 aromatic heterocycles. The molecule has 2 nitrogen and oxygen atoms in total. The van der Waals surface area contributed by atoms with Crippen molar-refractivity contribution in [3.8, 4) is 0 Å². The summed E-state index contributed by atoms with van der Waals surface area (Å²) in [5.41, 5.74) is 5.07. The number of nitrogens with zero attached hydrogens (tertiary/aromatic N) is 1. The summed E-state index contributed by atoms with van der Waals surface area (Å²) in [6.45, 7) is 4.66. The van der Waals surface area contributed by atoms with Crippen molar-refractivity contribution in [3.63, 3.8) is 0 Å². The first-order chi connectivity index (χ1) is 9.52. The normalized spacial score (nSPS) is 10.7. The Hall–Kier alpha value is -1.87. The van der Waals surface area contributed by atoms with E-state index in [1.165, 1.54) is 17.2 Å². The van der Waals surface area contributed by atoms with Gasteiger partial charge in [0, 0.05) is 30.5 Å². The van der Waals surface area contributed by atoms with Gasteiger partial charge in [0.2, 0.25) is 0 Å². The first kappa shape index (κ1) is 14.5. The Morgan fingerprint density at radius 3 is 2.35 bits per heavy atom. The molecule has 0 heterocycles. The Bertz CT molecular complexity index is 588. The summed E-state index contributed by atoms with van der Waals surface area (Å²) in [5, 5.41) is 3.03. The van der Waals surface area contributed by atoms with Crippen LogP contribution < -0.4 is 10.2 Å². The molecule has 0 unspecified atom stereocenters. The maximum absolute atomic E-state index is 14.0. The van der Waals surface area contributed by atoms with Gasteiger partial charge in [-0.25, -0.2) is 4.39 Å². The Kier molecular flexibility index (Phi) is 4.40. The molecule has 106 valence electrons. The summed E-state index contributed by atoms with van der Waals surface area (Å²) in [6, 6.07) is 11.6. The second kappa shape index (κ2) is 6.06. The highest BCUT2D eigenvalue weighted by Crippen LogP contribution is 2.29. The van der Waals surface area contributed by atoms with E-state index in [-0.39, 0.29) is 5.82 Å². The van der Waals surface area contributed by atoms with Crippen LogP contribution in [0.4, 0.5) is 15.8 Å². The fourth-order valence-electron chi connectivity index (χ4n) is 2.50. The largest absolute Gasteiger partial charge is 0.344 e. The first-order valence-corrected chi connectivity index (χ1v) is 6.77. The fourth-order valence-corrected chi connectivity index (χ4v) is 2.50. The number of halogens is 1. The van der Waals surface area contributed by atoms with Gasteiger partial charge in [-0.2, -0.15) is 0 Å². The minimum absolute atomic E-state index is 0.173. The molecule has 0 aliphatic heterocycles. The van der Waals surface area contributed by atoms with Crippen LogP contribution in [0.1, 0.15) is 16.7 Å². The number of hydrogen-bond donors (Lipinski definition) is 1. The molecule has 0 bridgehead atoms. The van der Waals surface area contributed by atoms with E-state index in [9.17, 15) is 4.39 Å². The number of benzene rings is 2. The van der Waals surface area contributed by atoms with Crippen LogP contribution in [0.5, 0.6) is 0 Å². The summed E-state index contributed by atoms with van der Waals surface area (Å²) in [6.07, 6.45) is 0. The summed E-state index contributed by atoms with van der Waals surface area (Å²) in [7, 11) is 3.80. The average molecular weight is 272 g/mol. The van der Waals surface area contributed by atoms with Crippen molar-refractivity contribution in [2.24, 2.45) is 0 Å². The van der Waals surface area contributed by atoms with Gasteiger partial charge >= 0.3 is 0 Å². The minimum Gasteiger partial charge on any atom is -0.344 e. The van der Waals surface area contributed by atoms with Gasteiger partial charge in [0.25, 0.3) is 0 Å². The maximum atomic E-state index is 14.0. The van der Waals surface area contributed by atoms with E-state index in [1.807, 2.05) is 25.1 Å². The van der Waals surface area contributed by atoms with Gasteiger partial charge in [0.1, 0.15) is 5.82 Å². The third-order valence-electron chi connectivity index (χ3n) is 3.40. The molecule has 0 fully saturated rings. The zero-order chi connectivity index (χ0) is 14.7. The zero-order valence-electron chi connectivity index (χ0n) is 12.5. The summed E-state index contributed by atoms with van der Waals surface area (Å²) >= 11 is 0. The summed E-state index contributed by atoms with van der Waals surface area (Å²) in [5.74, 6) is -0.173. The number of anilines is 2. The molecule has 0 aliphatic rings. The SMILES string of the molecule is CNCc1c(F)cccc1N(C)c1cc(C)cc(C)c1. The number of hydrogen-bond acceptors (Lipinski definition) is 2. The molecule has 1 N–H and O–H groups in total. The van der Waals surface area contributed by atoms with Gasteiger partial charge in [-0.15, -0.1) is 0 Å². The van der Waals surface area contributed by atoms with Crippen molar-refractivity contribution in [1.29, 1.82) is 0 Å². The van der Waals surface area contributed by atoms with Crippen LogP contribution in [0.2, 0.25) is 0 Å². The molecule has 20 heavy (non-hydrogen) atoms. The molecule has 2 aromatic rings. The monoisotopic (exact) mass is 272 g/mol. The molecule has 0 radical (unpaired) electrons. The number of nitrogens with one attached hydrogen (secondary N) is 1. The third-order valence-corrected chi connectivity index (χ3v) is 3.40. The third kappa shape index (κ3) is 2.99. The van der Waals surface area contributed by atoms with Gasteiger partial charge in [-0.3, -0.25) is 0 Å². The second-order valence-corrected chi connectivity index (χ2v) is 5.17. The standard InChI is InChI=1S/C17H21FN2/c1-12-8-13(2)10-14(9-12)20(4)17-7-5-6-16(18)15(17)11-19-3/h5-10,19H,11H2,1-4H3. The van der Waals surface area contributed by atoms with Crippen molar-refractivity contribution < 1.29 is 4.39 Å². The Morgan fingerprint density at radius 2 is 1.75 bits per heavy atom. The molecule has 0 amide bonds. The van der Waals surface area contributed by atoms with Gasteiger partial charge < -0.3 is 10.2 Å². The van der Waals surface area contributed by atoms with Crippen LogP contribution in [0.15, 0.2) is 36.4 Å². The van der Waals surface area contributed by atoms with E-state index in [2.05, 4.69) is 37.4 Å². The van der Waals surface area contributed by atoms with E-state index in [0.717, 1.165) is 11.4 Å². The molecule has 2 rings (SSSR count). The predicted octanol–water partition coefficient (Wildman–Crippen LogP) is 3.93. The summed E-state index contributed by atoms with van der Waals surface area (Å²) < 4.78 is 14.0. The number of aryl methyl sites for hydroxylation is 2. The molecular formula is C17H21FN2. The Labute approximate surface area is 120 Å². The smallest absolute Gasteiger partial charge is 0.129 e. The van der Waals surface area contributed by atoms with Crippen LogP contribution >= 0.6 is 0 Å². The number of rotatable bonds is 4. The zero-order valence-corrected chi connectivity index (χ0v) is 12.5. The molecule has 3 heteroatoms. The van der Waals surface area contributed by atoms with E-state index >= 15 is 0 Å². The van der Waals surface area contributed by atoms with Crippen LogP contribution in [0, 0.1) is 19.7 Å². The lowest BCUT2D eigenvalue weighted by molar-refractivity contribution is 0.601. The lowest BCUT2D eigenvalue weighted by Gasteiger charge is -2.24. The van der Waals surface area contributed by atoms with Crippen molar-refractivity contribution in [2.45, 2.75) is 20.4 Å². The van der Waals surface area contributed by atoms with Crippen LogP contribution in [0.3, 0.4) is 0 Å². The Morgan fingerprint density at radius 1 is 1.10 bits per heavy atom. The second-order valence-electron chi connectivity index (χ2n) is 5.17. The lowest BCUT2D eigenvalue weighted by atomic mass is 10.1. The van der Waals surface area contributed by atoms with E-state index < -0.39 is 0 Å². The molecule has 0 atom stereocenters. The van der Waals surface area contributed by atoms with Gasteiger partial charge in [-0.1, -0.05) is 12.1 Å². The van der Waals surface area contributed by atoms with E-state index in [1.54, 1.807) is 6.07 Å². The van der Waals surface area contributed by atoms with Gasteiger partial charge in [-0.05, 0) is 56.3 Å². The maximum Gasteiger partial charge on any atom is 0.129 e. The average Bonchev–Trinajstić information content (AvgIpc) is 2.39. The molecule has 0 spiro atoms. The van der Waals surface area contributed by atoms with Gasteiger partial charge in [0.15, 0.2) is 0 Å². The minimum atomic E-state index is -0.173. The quantitative estimate of drug-likeness (QED) is 0.907.